The minimum Gasteiger partial charge on any atom is -0.457 e. The van der Waals surface area contributed by atoms with Gasteiger partial charge in [0.25, 0.3) is 0 Å². The van der Waals surface area contributed by atoms with Crippen LogP contribution in [0.25, 0.3) is 0 Å². The Bertz CT molecular complexity index is 1340. The summed E-state index contributed by atoms with van der Waals surface area (Å²) in [7, 11) is 0. The summed E-state index contributed by atoms with van der Waals surface area (Å²) >= 11 is 0. The van der Waals surface area contributed by atoms with Crippen LogP contribution in [0.1, 0.15) is 52.4 Å². The summed E-state index contributed by atoms with van der Waals surface area (Å²) in [4.78, 5) is 43.4. The zero-order valence-electron chi connectivity index (χ0n) is 24.9. The minimum absolute atomic E-state index is 0.0755. The molecule has 1 spiro atoms. The summed E-state index contributed by atoms with van der Waals surface area (Å²) in [6, 6.07) is 15.8. The summed E-state index contributed by atoms with van der Waals surface area (Å²) in [5, 5.41) is 6.21. The third-order valence-electron chi connectivity index (χ3n) is 8.97. The van der Waals surface area contributed by atoms with E-state index >= 15 is 0 Å². The van der Waals surface area contributed by atoms with Crippen molar-refractivity contribution in [2.24, 2.45) is 11.8 Å². The highest BCUT2D eigenvalue weighted by Gasteiger charge is 2.72. The van der Waals surface area contributed by atoms with Gasteiger partial charge in [0.1, 0.15) is 23.1 Å². The Kier molecular flexibility index (Phi) is 8.54. The second-order valence-electron chi connectivity index (χ2n) is 12.3. The number of nitrogens with zero attached hydrogens (tertiary/aromatic N) is 1. The van der Waals surface area contributed by atoms with Crippen molar-refractivity contribution >= 4 is 23.4 Å². The van der Waals surface area contributed by atoms with Gasteiger partial charge in [-0.25, -0.2) is 0 Å². The number of benzene rings is 2. The van der Waals surface area contributed by atoms with Gasteiger partial charge in [0.15, 0.2) is 0 Å². The number of nitrogens with one attached hydrogen (secondary N) is 2. The van der Waals surface area contributed by atoms with E-state index in [1.54, 1.807) is 29.2 Å². The summed E-state index contributed by atoms with van der Waals surface area (Å²) in [5.41, 5.74) is -0.583. The van der Waals surface area contributed by atoms with Crippen molar-refractivity contribution in [3.63, 3.8) is 0 Å². The van der Waals surface area contributed by atoms with Crippen LogP contribution < -0.4 is 15.4 Å². The summed E-state index contributed by atoms with van der Waals surface area (Å²) < 4.78 is 18.0. The van der Waals surface area contributed by atoms with Crippen LogP contribution in [0.2, 0.25) is 0 Å². The molecule has 2 saturated heterocycles. The molecule has 2 N–H and O–H groups in total. The number of fused-ring (bicyclic) bond motifs is 1. The van der Waals surface area contributed by atoms with Crippen molar-refractivity contribution in [1.29, 1.82) is 0 Å². The number of carbonyl (C=O) groups is 3. The van der Waals surface area contributed by atoms with Gasteiger partial charge in [-0.2, -0.15) is 0 Å². The summed E-state index contributed by atoms with van der Waals surface area (Å²) in [6.45, 7) is 4.76. The molecule has 3 amide bonds. The topological polar surface area (TPSA) is 106 Å². The number of para-hydroxylation sites is 1. The molecule has 2 bridgehead atoms. The maximum atomic E-state index is 14.1. The molecule has 0 aromatic heterocycles. The molecule has 9 nitrogen and oxygen atoms in total. The maximum absolute atomic E-state index is 14.1. The van der Waals surface area contributed by atoms with Crippen molar-refractivity contribution in [1.82, 2.24) is 10.2 Å². The molecule has 3 heterocycles. The fourth-order valence-electron chi connectivity index (χ4n) is 7.05. The lowest BCUT2D eigenvalue weighted by Crippen LogP contribution is -2.56. The van der Waals surface area contributed by atoms with Crippen LogP contribution in [-0.2, 0) is 23.9 Å². The molecule has 0 radical (unpaired) electrons. The largest absolute Gasteiger partial charge is 0.457 e. The molecule has 2 aromatic rings. The quantitative estimate of drug-likeness (QED) is 0.288. The molecule has 1 aliphatic carbocycles. The molecule has 1 saturated carbocycles. The molecule has 3 aliphatic heterocycles. The average molecular weight is 588 g/mol. The molecule has 9 heteroatoms. The Balaban J connectivity index is 1.19. The van der Waals surface area contributed by atoms with Crippen LogP contribution in [0, 0.1) is 11.8 Å². The first-order chi connectivity index (χ1) is 20.9. The Morgan fingerprint density at radius 2 is 1.72 bits per heavy atom. The number of amides is 3. The Hall–Kier alpha value is -3.69. The Morgan fingerprint density at radius 1 is 1.00 bits per heavy atom. The van der Waals surface area contributed by atoms with Gasteiger partial charge in [-0.05, 0) is 69.5 Å². The maximum Gasteiger partial charge on any atom is 0.246 e. The lowest BCUT2D eigenvalue weighted by Gasteiger charge is -2.34. The van der Waals surface area contributed by atoms with Crippen molar-refractivity contribution in [2.45, 2.75) is 82.3 Å². The summed E-state index contributed by atoms with van der Waals surface area (Å²) in [5.74, 6) is -0.889. The van der Waals surface area contributed by atoms with Crippen LogP contribution in [0.15, 0.2) is 66.7 Å². The number of likely N-dealkylation sites (tertiary alicyclic amines) is 1. The van der Waals surface area contributed by atoms with Gasteiger partial charge in [-0.15, -0.1) is 0 Å². The third kappa shape index (κ3) is 5.93. The van der Waals surface area contributed by atoms with E-state index in [4.69, 9.17) is 14.2 Å². The van der Waals surface area contributed by atoms with Gasteiger partial charge >= 0.3 is 0 Å². The number of rotatable bonds is 11. The van der Waals surface area contributed by atoms with E-state index in [9.17, 15) is 14.4 Å². The number of ether oxygens (including phenoxy) is 3. The first kappa shape index (κ1) is 29.4. The molecule has 4 aliphatic rings. The van der Waals surface area contributed by atoms with Gasteiger partial charge in [-0.1, -0.05) is 49.6 Å². The van der Waals surface area contributed by atoms with E-state index < -0.39 is 29.6 Å². The fraction of sp³-hybridized carbons (Fsp3) is 0.500. The Morgan fingerprint density at radius 3 is 2.44 bits per heavy atom. The minimum atomic E-state index is -1.17. The molecule has 2 aromatic carbocycles. The number of anilines is 1. The first-order valence-electron chi connectivity index (χ1n) is 15.6. The number of carbonyl (C=O) groups excluding carboxylic acids is 3. The van der Waals surface area contributed by atoms with Crippen LogP contribution in [0.4, 0.5) is 5.69 Å². The van der Waals surface area contributed by atoms with E-state index in [2.05, 4.69) is 10.6 Å². The third-order valence-corrected chi connectivity index (χ3v) is 8.97. The number of hydrogen-bond donors (Lipinski definition) is 2. The lowest BCUT2D eigenvalue weighted by atomic mass is 9.74. The molecule has 3 fully saturated rings. The van der Waals surface area contributed by atoms with Gasteiger partial charge < -0.3 is 29.7 Å². The van der Waals surface area contributed by atoms with E-state index in [0.717, 1.165) is 31.4 Å². The van der Waals surface area contributed by atoms with Crippen LogP contribution in [0.3, 0.4) is 0 Å². The molecular formula is C34H41N3O6. The molecular weight excluding hydrogens is 546 g/mol. The van der Waals surface area contributed by atoms with Crippen molar-refractivity contribution < 1.29 is 28.6 Å². The SMILES string of the molecule is CC(C)OCCCN1C(=O)[C@@H]2[C@H](C(=O)Nc3ccc(Oc4ccccc4)cc3)[C@@H]3C=C[C@@]2(O3)[C@H]1C(=O)NC1CCCCC1. The van der Waals surface area contributed by atoms with Gasteiger partial charge in [-0.3, -0.25) is 14.4 Å². The second kappa shape index (κ2) is 12.5. The van der Waals surface area contributed by atoms with Crippen LogP contribution >= 0.6 is 0 Å². The Labute approximate surface area is 252 Å². The molecule has 5 atom stereocenters. The predicted molar refractivity (Wildman–Crippen MR) is 162 cm³/mol. The monoisotopic (exact) mass is 587 g/mol. The molecule has 0 unspecified atom stereocenters. The van der Waals surface area contributed by atoms with E-state index in [0.29, 0.717) is 31.0 Å². The predicted octanol–water partition coefficient (Wildman–Crippen LogP) is 4.83. The van der Waals surface area contributed by atoms with Gasteiger partial charge in [0.2, 0.25) is 17.7 Å². The lowest BCUT2D eigenvalue weighted by molar-refractivity contribution is -0.141. The highest BCUT2D eigenvalue weighted by Crippen LogP contribution is 2.55. The zero-order valence-corrected chi connectivity index (χ0v) is 24.9. The van der Waals surface area contributed by atoms with E-state index in [1.165, 1.54) is 6.42 Å². The first-order valence-corrected chi connectivity index (χ1v) is 15.6. The standard InChI is InChI=1S/C34H41N3O6/c1-22(2)41-21-9-20-37-30(32(39)36-23-10-5-3-6-11-23)34-19-18-27(43-34)28(29(34)33(37)40)31(38)35-24-14-16-26(17-15-24)42-25-12-7-4-8-13-25/h4,7-8,12-19,22-23,27-30H,3,5-6,9-11,20-21H2,1-2H3,(H,35,38)(H,36,39)/t27-,28+,29-,30+,34-/m0/s1. The highest BCUT2D eigenvalue weighted by molar-refractivity contribution is 6.02. The van der Waals surface area contributed by atoms with E-state index in [-0.39, 0.29) is 29.9 Å². The normalized spacial score (nSPS) is 27.9. The average Bonchev–Trinajstić information content (AvgIpc) is 3.64. The molecule has 43 heavy (non-hydrogen) atoms. The van der Waals surface area contributed by atoms with Crippen LogP contribution in [-0.4, -0.2) is 65.7 Å². The summed E-state index contributed by atoms with van der Waals surface area (Å²) in [6.07, 6.45) is 8.99. The zero-order chi connectivity index (χ0) is 30.0. The highest BCUT2D eigenvalue weighted by atomic mass is 16.5. The van der Waals surface area contributed by atoms with Gasteiger partial charge in [0, 0.05) is 24.9 Å². The van der Waals surface area contributed by atoms with E-state index in [1.807, 2.05) is 56.3 Å². The smallest absolute Gasteiger partial charge is 0.246 e. The van der Waals surface area contributed by atoms with Crippen molar-refractivity contribution in [3.8, 4) is 11.5 Å². The van der Waals surface area contributed by atoms with Crippen LogP contribution in [0.5, 0.6) is 11.5 Å². The number of hydrogen-bond acceptors (Lipinski definition) is 6. The van der Waals surface area contributed by atoms with Crippen molar-refractivity contribution in [2.75, 3.05) is 18.5 Å². The fourth-order valence-corrected chi connectivity index (χ4v) is 7.05. The molecule has 6 rings (SSSR count). The van der Waals surface area contributed by atoms with Gasteiger partial charge in [0.05, 0.1) is 24.0 Å². The van der Waals surface area contributed by atoms with Crippen molar-refractivity contribution in [3.05, 3.63) is 66.7 Å². The second-order valence-corrected chi connectivity index (χ2v) is 12.3. The molecule has 228 valence electrons.